The Labute approximate surface area is 233 Å². The highest BCUT2D eigenvalue weighted by Gasteiger charge is 2.33. The first-order valence-electron chi connectivity index (χ1n) is 12.9. The lowest BCUT2D eigenvalue weighted by molar-refractivity contribution is -0.139. The van der Waals surface area contributed by atoms with Crippen molar-refractivity contribution in [1.82, 2.24) is 10.2 Å². The van der Waals surface area contributed by atoms with Gasteiger partial charge in [-0.1, -0.05) is 24.3 Å². The Morgan fingerprint density at radius 1 is 1.00 bits per heavy atom. The lowest BCUT2D eigenvalue weighted by atomic mass is 10.1. The van der Waals surface area contributed by atoms with Gasteiger partial charge in [-0.2, -0.15) is 0 Å². The number of nitrogens with zero attached hydrogens (tertiary/aromatic N) is 2. The second kappa shape index (κ2) is 12.4. The zero-order chi connectivity index (χ0) is 28.9. The van der Waals surface area contributed by atoms with Crippen molar-refractivity contribution in [3.05, 3.63) is 83.7 Å². The highest BCUT2D eigenvalue weighted by atomic mass is 32.2. The molecule has 0 unspecified atom stereocenters. The molecule has 0 aliphatic carbocycles. The summed E-state index contributed by atoms with van der Waals surface area (Å²) in [5.74, 6) is -0.851. The number of sulfonamides is 1. The molecule has 4 rings (SSSR count). The molecule has 0 bridgehead atoms. The van der Waals surface area contributed by atoms with Crippen molar-refractivity contribution in [2.24, 2.45) is 0 Å². The predicted octanol–water partition coefficient (Wildman–Crippen LogP) is 3.65. The summed E-state index contributed by atoms with van der Waals surface area (Å²) in [6.45, 7) is 5.70. The summed E-state index contributed by atoms with van der Waals surface area (Å²) < 4.78 is 53.7. The Bertz CT molecular complexity index is 1480. The number of halogens is 1. The Balaban J connectivity index is 1.73. The van der Waals surface area contributed by atoms with Crippen molar-refractivity contribution < 1.29 is 31.9 Å². The number of rotatable bonds is 10. The number of amides is 2. The summed E-state index contributed by atoms with van der Waals surface area (Å²) in [4.78, 5) is 27.9. The molecule has 1 aliphatic heterocycles. The summed E-state index contributed by atoms with van der Waals surface area (Å²) in [5, 5.41) is 2.73. The summed E-state index contributed by atoms with van der Waals surface area (Å²) >= 11 is 0. The molecule has 0 saturated carbocycles. The van der Waals surface area contributed by atoms with E-state index in [0.717, 1.165) is 27.6 Å². The minimum Gasteiger partial charge on any atom is -0.486 e. The highest BCUT2D eigenvalue weighted by Crippen LogP contribution is 2.34. The molecule has 1 N–H and O–H groups in total. The average molecular weight is 570 g/mol. The van der Waals surface area contributed by atoms with Crippen molar-refractivity contribution in [2.75, 3.05) is 30.6 Å². The van der Waals surface area contributed by atoms with Gasteiger partial charge >= 0.3 is 0 Å². The van der Waals surface area contributed by atoms with Crippen molar-refractivity contribution in [1.29, 1.82) is 0 Å². The smallest absolute Gasteiger partial charge is 0.264 e. The van der Waals surface area contributed by atoms with E-state index in [2.05, 4.69) is 5.32 Å². The number of carbonyl (C=O) groups excluding carboxylic acids is 2. The fraction of sp³-hybridized carbons (Fsp3) is 0.310. The Morgan fingerprint density at radius 2 is 1.68 bits per heavy atom. The van der Waals surface area contributed by atoms with Gasteiger partial charge in [0.2, 0.25) is 11.8 Å². The van der Waals surface area contributed by atoms with E-state index in [1.165, 1.54) is 35.2 Å². The molecule has 1 aliphatic rings. The Morgan fingerprint density at radius 3 is 2.35 bits per heavy atom. The fourth-order valence-corrected chi connectivity index (χ4v) is 5.75. The van der Waals surface area contributed by atoms with Crippen LogP contribution in [0, 0.1) is 12.7 Å². The second-order valence-corrected chi connectivity index (χ2v) is 11.2. The molecule has 1 atom stereocenters. The van der Waals surface area contributed by atoms with Gasteiger partial charge < -0.3 is 19.7 Å². The van der Waals surface area contributed by atoms with Crippen LogP contribution in [0.1, 0.15) is 25.0 Å². The third-order valence-electron chi connectivity index (χ3n) is 6.62. The zero-order valence-corrected chi connectivity index (χ0v) is 23.4. The predicted molar refractivity (Wildman–Crippen MR) is 148 cm³/mol. The van der Waals surface area contributed by atoms with Gasteiger partial charge in [0.15, 0.2) is 11.5 Å². The van der Waals surface area contributed by atoms with E-state index in [-0.39, 0.29) is 35.4 Å². The van der Waals surface area contributed by atoms with Gasteiger partial charge in [-0.15, -0.1) is 0 Å². The standard InChI is InChI=1S/C29H32FN3O6S/c1-4-31-29(35)21(3)32(18-22-8-6-5-7-20(22)2)28(34)19-33(24-11-9-23(30)10-12-24)40(36,37)25-13-14-26-27(17-25)39-16-15-38-26/h5-14,17,21H,4,15-16,18-19H2,1-3H3,(H,31,35)/t21-/m0/s1. The van der Waals surface area contributed by atoms with Gasteiger partial charge in [0.25, 0.3) is 10.0 Å². The molecule has 1 heterocycles. The van der Waals surface area contributed by atoms with Gasteiger partial charge in [0, 0.05) is 19.2 Å². The number of benzene rings is 3. The molecule has 9 nitrogen and oxygen atoms in total. The summed E-state index contributed by atoms with van der Waals surface area (Å²) in [6.07, 6.45) is 0. The van der Waals surface area contributed by atoms with Crippen molar-refractivity contribution in [2.45, 2.75) is 38.3 Å². The normalized spacial score (nSPS) is 13.3. The number of aryl methyl sites for hydroxylation is 1. The van der Waals surface area contributed by atoms with E-state index in [1.54, 1.807) is 13.8 Å². The van der Waals surface area contributed by atoms with Crippen molar-refractivity contribution in [3.63, 3.8) is 0 Å². The summed E-state index contributed by atoms with van der Waals surface area (Å²) in [7, 11) is -4.34. The lowest BCUT2D eigenvalue weighted by Crippen LogP contribution is -2.51. The van der Waals surface area contributed by atoms with E-state index in [9.17, 15) is 22.4 Å². The first-order valence-corrected chi connectivity index (χ1v) is 14.4. The molecule has 0 fully saturated rings. The molecule has 40 heavy (non-hydrogen) atoms. The number of hydrogen-bond acceptors (Lipinski definition) is 6. The van der Waals surface area contributed by atoms with Crippen molar-refractivity contribution >= 4 is 27.5 Å². The van der Waals surface area contributed by atoms with Gasteiger partial charge in [0.1, 0.15) is 31.6 Å². The van der Waals surface area contributed by atoms with Gasteiger partial charge in [-0.25, -0.2) is 12.8 Å². The monoisotopic (exact) mass is 569 g/mol. The van der Waals surface area contributed by atoms with Crippen LogP contribution in [0.25, 0.3) is 0 Å². The average Bonchev–Trinajstić information content (AvgIpc) is 2.95. The first-order chi connectivity index (χ1) is 19.1. The van der Waals surface area contributed by atoms with Gasteiger partial charge in [0.05, 0.1) is 10.6 Å². The maximum Gasteiger partial charge on any atom is 0.264 e. The SMILES string of the molecule is CCNC(=O)[C@H](C)N(Cc1ccccc1C)C(=O)CN(c1ccc(F)cc1)S(=O)(=O)c1ccc2c(c1)OCCO2. The van der Waals surface area contributed by atoms with Gasteiger partial charge in [-0.3, -0.25) is 13.9 Å². The van der Waals surface area contributed by atoms with E-state index in [0.29, 0.717) is 18.9 Å². The minimum absolute atomic E-state index is 0.0884. The van der Waals surface area contributed by atoms with Gasteiger partial charge in [-0.05, 0) is 68.3 Å². The zero-order valence-electron chi connectivity index (χ0n) is 22.6. The van der Waals surface area contributed by atoms with E-state index in [1.807, 2.05) is 31.2 Å². The molecule has 0 spiro atoms. The topological polar surface area (TPSA) is 105 Å². The molecule has 2 amide bonds. The summed E-state index contributed by atoms with van der Waals surface area (Å²) in [6, 6.07) is 15.6. The number of ether oxygens (including phenoxy) is 2. The van der Waals surface area contributed by atoms with Crippen LogP contribution in [0.15, 0.2) is 71.6 Å². The molecule has 3 aromatic rings. The first kappa shape index (κ1) is 28.9. The van der Waals surface area contributed by atoms with Crippen LogP contribution in [-0.2, 0) is 26.2 Å². The van der Waals surface area contributed by atoms with Crippen LogP contribution in [0.4, 0.5) is 10.1 Å². The van der Waals surface area contributed by atoms with Crippen LogP contribution in [0.3, 0.4) is 0 Å². The number of fused-ring (bicyclic) bond motifs is 1. The summed E-state index contributed by atoms with van der Waals surface area (Å²) in [5.41, 5.74) is 1.82. The highest BCUT2D eigenvalue weighted by molar-refractivity contribution is 7.92. The largest absolute Gasteiger partial charge is 0.486 e. The van der Waals surface area contributed by atoms with Crippen molar-refractivity contribution in [3.8, 4) is 11.5 Å². The van der Waals surface area contributed by atoms with E-state index in [4.69, 9.17) is 9.47 Å². The second-order valence-electron chi connectivity index (χ2n) is 9.31. The maximum atomic E-state index is 14.0. The van der Waals surface area contributed by atoms with E-state index < -0.39 is 34.3 Å². The third kappa shape index (κ3) is 6.36. The molecule has 0 radical (unpaired) electrons. The quantitative estimate of drug-likeness (QED) is 0.400. The molecule has 3 aromatic carbocycles. The minimum atomic E-state index is -4.34. The number of anilines is 1. The fourth-order valence-electron chi connectivity index (χ4n) is 4.32. The van der Waals surface area contributed by atoms with Crippen LogP contribution in [0.2, 0.25) is 0 Å². The number of hydrogen-bond donors (Lipinski definition) is 1. The molecule has 0 saturated heterocycles. The number of nitrogens with one attached hydrogen (secondary N) is 1. The molecular formula is C29H32FN3O6S. The Kier molecular flexibility index (Phi) is 8.93. The number of carbonyl (C=O) groups is 2. The maximum absolute atomic E-state index is 14.0. The molecular weight excluding hydrogens is 537 g/mol. The van der Waals surface area contributed by atoms with Crippen LogP contribution in [-0.4, -0.2) is 57.5 Å². The molecule has 212 valence electrons. The molecule has 0 aromatic heterocycles. The molecule has 11 heteroatoms. The van der Waals surface area contributed by atoms with Crippen LogP contribution < -0.4 is 19.1 Å². The number of likely N-dealkylation sites (N-methyl/N-ethyl adjacent to an activating group) is 1. The van der Waals surface area contributed by atoms with E-state index >= 15 is 0 Å². The lowest BCUT2D eigenvalue weighted by Gasteiger charge is -2.32. The third-order valence-corrected chi connectivity index (χ3v) is 8.39. The Hall–Kier alpha value is -4.12. The van der Waals surface area contributed by atoms with Crippen LogP contribution in [0.5, 0.6) is 11.5 Å². The van der Waals surface area contributed by atoms with Crippen LogP contribution >= 0.6 is 0 Å².